The van der Waals surface area contributed by atoms with Gasteiger partial charge in [0.2, 0.25) is 0 Å². The Kier molecular flexibility index (Phi) is 5.98. The minimum Gasteiger partial charge on any atom is -0.348 e. The van der Waals surface area contributed by atoms with Crippen LogP contribution < -0.4 is 5.32 Å². The SMILES string of the molecule is CC(C)C(C)NC(=O)c1cc(-c2ccccc2Cl)nn1-c1cccc([N+](=O)[O-])c1. The van der Waals surface area contributed by atoms with Crippen molar-refractivity contribution < 1.29 is 9.72 Å². The van der Waals surface area contributed by atoms with E-state index in [2.05, 4.69) is 10.4 Å². The summed E-state index contributed by atoms with van der Waals surface area (Å²) < 4.78 is 1.41. The zero-order chi connectivity index (χ0) is 21.1. The summed E-state index contributed by atoms with van der Waals surface area (Å²) in [7, 11) is 0. The Morgan fingerprint density at radius 2 is 1.86 bits per heavy atom. The first-order valence-corrected chi connectivity index (χ1v) is 9.56. The van der Waals surface area contributed by atoms with E-state index in [0.717, 1.165) is 0 Å². The maximum absolute atomic E-state index is 13.0. The van der Waals surface area contributed by atoms with Gasteiger partial charge in [-0.2, -0.15) is 5.10 Å². The maximum atomic E-state index is 13.0. The van der Waals surface area contributed by atoms with Gasteiger partial charge < -0.3 is 5.32 Å². The molecule has 0 saturated carbocycles. The highest BCUT2D eigenvalue weighted by Crippen LogP contribution is 2.29. The molecule has 7 nitrogen and oxygen atoms in total. The lowest BCUT2D eigenvalue weighted by molar-refractivity contribution is -0.384. The Morgan fingerprint density at radius 3 is 2.52 bits per heavy atom. The number of nitro benzene ring substituents is 1. The molecular weight excluding hydrogens is 392 g/mol. The number of nitrogens with one attached hydrogen (secondary N) is 1. The molecule has 0 aliphatic carbocycles. The smallest absolute Gasteiger partial charge is 0.271 e. The Morgan fingerprint density at radius 1 is 1.14 bits per heavy atom. The van der Waals surface area contributed by atoms with Gasteiger partial charge >= 0.3 is 0 Å². The van der Waals surface area contributed by atoms with Crippen molar-refractivity contribution in [3.05, 3.63) is 75.4 Å². The van der Waals surface area contributed by atoms with Gasteiger partial charge in [-0.25, -0.2) is 4.68 Å². The van der Waals surface area contributed by atoms with Crippen molar-refractivity contribution in [3.63, 3.8) is 0 Å². The molecule has 8 heteroatoms. The molecule has 150 valence electrons. The molecule has 0 aliphatic heterocycles. The molecule has 1 atom stereocenters. The summed E-state index contributed by atoms with van der Waals surface area (Å²) in [5.41, 5.74) is 1.78. The van der Waals surface area contributed by atoms with E-state index in [-0.39, 0.29) is 29.2 Å². The summed E-state index contributed by atoms with van der Waals surface area (Å²) in [6.07, 6.45) is 0. The highest BCUT2D eigenvalue weighted by molar-refractivity contribution is 6.33. The fourth-order valence-electron chi connectivity index (χ4n) is 2.73. The average molecular weight is 413 g/mol. The number of carbonyl (C=O) groups excluding carboxylic acids is 1. The number of carbonyl (C=O) groups is 1. The van der Waals surface area contributed by atoms with Crippen LogP contribution in [0.1, 0.15) is 31.3 Å². The lowest BCUT2D eigenvalue weighted by Crippen LogP contribution is -2.37. The van der Waals surface area contributed by atoms with Crippen LogP contribution in [0.25, 0.3) is 16.9 Å². The van der Waals surface area contributed by atoms with Crippen LogP contribution in [0.15, 0.2) is 54.6 Å². The van der Waals surface area contributed by atoms with E-state index < -0.39 is 4.92 Å². The molecular formula is C21H21ClN4O3. The lowest BCUT2D eigenvalue weighted by Gasteiger charge is -2.17. The van der Waals surface area contributed by atoms with Crippen molar-refractivity contribution in [1.29, 1.82) is 0 Å². The van der Waals surface area contributed by atoms with Gasteiger partial charge in [0.15, 0.2) is 0 Å². The highest BCUT2D eigenvalue weighted by atomic mass is 35.5. The standard InChI is InChI=1S/C21H21ClN4O3/c1-13(2)14(3)23-21(27)20-12-19(17-9-4-5-10-18(17)22)24-25(20)15-7-6-8-16(11-15)26(28)29/h4-14H,1-3H3,(H,23,27). The molecule has 1 N–H and O–H groups in total. The van der Waals surface area contributed by atoms with E-state index in [1.165, 1.54) is 16.8 Å². The number of aromatic nitrogens is 2. The summed E-state index contributed by atoms with van der Waals surface area (Å²) in [6.45, 7) is 5.95. The predicted molar refractivity (Wildman–Crippen MR) is 112 cm³/mol. The Labute approximate surface area is 173 Å². The first-order valence-electron chi connectivity index (χ1n) is 9.18. The zero-order valence-electron chi connectivity index (χ0n) is 16.3. The average Bonchev–Trinajstić information content (AvgIpc) is 3.13. The van der Waals surface area contributed by atoms with Gasteiger partial charge in [0, 0.05) is 23.7 Å². The summed E-state index contributed by atoms with van der Waals surface area (Å²) in [4.78, 5) is 23.7. The van der Waals surface area contributed by atoms with Crippen molar-refractivity contribution in [3.8, 4) is 16.9 Å². The van der Waals surface area contributed by atoms with Crippen molar-refractivity contribution in [2.45, 2.75) is 26.8 Å². The van der Waals surface area contributed by atoms with Crippen LogP contribution in [0, 0.1) is 16.0 Å². The number of halogens is 1. The molecule has 0 saturated heterocycles. The molecule has 0 bridgehead atoms. The molecule has 0 fully saturated rings. The molecule has 0 radical (unpaired) electrons. The number of amides is 1. The van der Waals surface area contributed by atoms with Gasteiger partial charge in [-0.1, -0.05) is 49.7 Å². The van der Waals surface area contributed by atoms with E-state index in [9.17, 15) is 14.9 Å². The topological polar surface area (TPSA) is 90.1 Å². The third-order valence-corrected chi connectivity index (χ3v) is 5.07. The number of nitrogens with zero attached hydrogens (tertiary/aromatic N) is 3. The highest BCUT2D eigenvalue weighted by Gasteiger charge is 2.21. The fourth-order valence-corrected chi connectivity index (χ4v) is 2.96. The van der Waals surface area contributed by atoms with Crippen molar-refractivity contribution in [2.75, 3.05) is 0 Å². The van der Waals surface area contributed by atoms with Crippen molar-refractivity contribution in [1.82, 2.24) is 15.1 Å². The minimum absolute atomic E-state index is 0.0558. The second-order valence-electron chi connectivity index (χ2n) is 7.09. The molecule has 1 aromatic heterocycles. The second-order valence-corrected chi connectivity index (χ2v) is 7.50. The number of hydrogen-bond acceptors (Lipinski definition) is 4. The predicted octanol–water partition coefficient (Wildman–Crippen LogP) is 4.88. The van der Waals surface area contributed by atoms with Crippen molar-refractivity contribution in [2.24, 2.45) is 5.92 Å². The Balaban J connectivity index is 2.13. The number of hydrogen-bond donors (Lipinski definition) is 1. The van der Waals surface area contributed by atoms with Crippen molar-refractivity contribution >= 4 is 23.2 Å². The summed E-state index contributed by atoms with van der Waals surface area (Å²) in [5, 5.41) is 19.2. The molecule has 3 rings (SSSR count). The molecule has 0 aliphatic rings. The van der Waals surface area contributed by atoms with E-state index >= 15 is 0 Å². The molecule has 1 unspecified atom stereocenters. The van der Waals surface area contributed by atoms with Gasteiger partial charge in [-0.15, -0.1) is 0 Å². The fraction of sp³-hybridized carbons (Fsp3) is 0.238. The first-order chi connectivity index (χ1) is 13.8. The van der Waals surface area contributed by atoms with E-state index in [1.807, 2.05) is 26.8 Å². The Bertz CT molecular complexity index is 1060. The van der Waals surface area contributed by atoms with Gasteiger partial charge in [-0.05, 0) is 31.0 Å². The van der Waals surface area contributed by atoms with E-state index in [0.29, 0.717) is 22.0 Å². The summed E-state index contributed by atoms with van der Waals surface area (Å²) in [5.74, 6) is -0.0697. The first kappa shape index (κ1) is 20.5. The molecule has 3 aromatic rings. The quantitative estimate of drug-likeness (QED) is 0.461. The van der Waals surface area contributed by atoms with Crippen LogP contribution in [-0.4, -0.2) is 26.7 Å². The van der Waals surface area contributed by atoms with Crippen LogP contribution in [-0.2, 0) is 0 Å². The monoisotopic (exact) mass is 412 g/mol. The van der Waals surface area contributed by atoms with Crippen LogP contribution in [0.3, 0.4) is 0 Å². The number of rotatable bonds is 6. The van der Waals surface area contributed by atoms with Crippen LogP contribution >= 0.6 is 11.6 Å². The maximum Gasteiger partial charge on any atom is 0.271 e. The molecule has 1 heterocycles. The van der Waals surface area contributed by atoms with Crippen LogP contribution in [0.5, 0.6) is 0 Å². The Hall–Kier alpha value is -3.19. The third-order valence-electron chi connectivity index (χ3n) is 4.74. The third kappa shape index (κ3) is 4.46. The molecule has 29 heavy (non-hydrogen) atoms. The van der Waals surface area contributed by atoms with E-state index in [1.54, 1.807) is 36.4 Å². The largest absolute Gasteiger partial charge is 0.348 e. The zero-order valence-corrected chi connectivity index (χ0v) is 17.1. The molecule has 1 amide bonds. The summed E-state index contributed by atoms with van der Waals surface area (Å²) in [6, 6.07) is 14.8. The number of nitro groups is 1. The number of non-ortho nitro benzene ring substituents is 1. The van der Waals surface area contributed by atoms with Gasteiger partial charge in [0.25, 0.3) is 11.6 Å². The van der Waals surface area contributed by atoms with Gasteiger partial charge in [-0.3, -0.25) is 14.9 Å². The van der Waals surface area contributed by atoms with Gasteiger partial charge in [0.05, 0.1) is 21.3 Å². The molecule has 2 aromatic carbocycles. The molecule has 0 spiro atoms. The van der Waals surface area contributed by atoms with E-state index in [4.69, 9.17) is 11.6 Å². The van der Waals surface area contributed by atoms with Crippen LogP contribution in [0.4, 0.5) is 5.69 Å². The lowest BCUT2D eigenvalue weighted by atomic mass is 10.1. The normalized spacial score (nSPS) is 12.0. The minimum atomic E-state index is -0.484. The second kappa shape index (κ2) is 8.45. The summed E-state index contributed by atoms with van der Waals surface area (Å²) >= 11 is 6.30. The number of benzene rings is 2. The van der Waals surface area contributed by atoms with Gasteiger partial charge in [0.1, 0.15) is 5.69 Å². The van der Waals surface area contributed by atoms with Crippen LogP contribution in [0.2, 0.25) is 5.02 Å².